The summed E-state index contributed by atoms with van der Waals surface area (Å²) in [6, 6.07) is 23.2. The number of thiocarbonyl (C=S) groups is 1. The number of fused-ring (bicyclic) bond motifs is 2. The number of hydrogen-bond acceptors (Lipinski definition) is 6. The van der Waals surface area contributed by atoms with Crippen molar-refractivity contribution in [2.24, 2.45) is 0 Å². The predicted molar refractivity (Wildman–Crippen MR) is 142 cm³/mol. The first-order chi connectivity index (χ1) is 16.5. The number of anilines is 2. The normalized spacial score (nSPS) is 16.0. The fraction of sp³-hybridized carbons (Fsp3) is 0.115. The van der Waals surface area contributed by atoms with E-state index in [2.05, 4.69) is 0 Å². The van der Waals surface area contributed by atoms with Crippen LogP contribution < -0.4 is 9.64 Å². The molecule has 0 saturated carbocycles. The number of thioether (sulfide) groups is 1. The molecule has 34 heavy (non-hydrogen) atoms. The Balaban J connectivity index is 1.34. The Morgan fingerprint density at radius 3 is 2.32 bits per heavy atom. The van der Waals surface area contributed by atoms with Gasteiger partial charge in [0, 0.05) is 22.8 Å². The molecule has 0 bridgehead atoms. The monoisotopic (exact) mass is 504 g/mol. The highest BCUT2D eigenvalue weighted by Crippen LogP contribution is 2.48. The van der Waals surface area contributed by atoms with Crippen LogP contribution >= 0.6 is 35.7 Å². The molecule has 0 spiro atoms. The molecule has 0 radical (unpaired) electrons. The van der Waals surface area contributed by atoms with E-state index in [9.17, 15) is 9.59 Å². The number of carbonyl (C=O) groups excluding carboxylic acids is 2. The van der Waals surface area contributed by atoms with Gasteiger partial charge >= 0.3 is 0 Å². The molecule has 2 aliphatic rings. The quantitative estimate of drug-likeness (QED) is 0.308. The standard InChI is InChI=1S/C26H20N2O3S3/c1-31-18-8-6-7-17(15-18)16-23-25(30)27(26(32)34-23)14-13-24(29)28-19-9-2-4-11-21(19)33-22-12-5-3-10-20(22)28/h2-12,15-16H,13-14H2,1H3. The van der Waals surface area contributed by atoms with E-state index in [0.717, 1.165) is 32.5 Å². The zero-order valence-electron chi connectivity index (χ0n) is 18.3. The summed E-state index contributed by atoms with van der Waals surface area (Å²) >= 11 is 8.38. The summed E-state index contributed by atoms with van der Waals surface area (Å²) in [5, 5.41) is 0. The number of para-hydroxylation sites is 2. The Hall–Kier alpha value is -3.07. The van der Waals surface area contributed by atoms with Crippen LogP contribution in [0.1, 0.15) is 12.0 Å². The summed E-state index contributed by atoms with van der Waals surface area (Å²) in [6.45, 7) is 0.229. The largest absolute Gasteiger partial charge is 0.497 e. The number of rotatable bonds is 5. The van der Waals surface area contributed by atoms with Gasteiger partial charge in [-0.1, -0.05) is 72.1 Å². The van der Waals surface area contributed by atoms with Gasteiger partial charge < -0.3 is 4.74 Å². The molecule has 5 nitrogen and oxygen atoms in total. The number of amides is 2. The number of ether oxygens (including phenoxy) is 1. The molecule has 3 aromatic rings. The first-order valence-electron chi connectivity index (χ1n) is 10.6. The fourth-order valence-electron chi connectivity index (χ4n) is 3.87. The number of hydrogen-bond donors (Lipinski definition) is 0. The second kappa shape index (κ2) is 9.66. The summed E-state index contributed by atoms with van der Waals surface area (Å²) in [5.74, 6) is 0.460. The molecule has 5 rings (SSSR count). The first kappa shape index (κ1) is 22.7. The molecule has 1 saturated heterocycles. The SMILES string of the molecule is COc1cccc(C=C2SC(=S)N(CCC(=O)N3c4ccccc4Sc4ccccc43)C2=O)c1. The molecule has 0 N–H and O–H groups in total. The first-order valence-corrected chi connectivity index (χ1v) is 12.7. The fourth-order valence-corrected chi connectivity index (χ4v) is 6.23. The van der Waals surface area contributed by atoms with Crippen molar-refractivity contribution in [2.75, 3.05) is 18.6 Å². The van der Waals surface area contributed by atoms with Crippen molar-refractivity contribution in [1.29, 1.82) is 0 Å². The van der Waals surface area contributed by atoms with Crippen LogP contribution in [0.2, 0.25) is 0 Å². The molecule has 2 amide bonds. The molecule has 0 aliphatic carbocycles. The van der Waals surface area contributed by atoms with E-state index >= 15 is 0 Å². The van der Waals surface area contributed by atoms with Crippen molar-refractivity contribution in [3.63, 3.8) is 0 Å². The molecule has 2 aliphatic heterocycles. The van der Waals surface area contributed by atoms with Gasteiger partial charge in [-0.2, -0.15) is 0 Å². The van der Waals surface area contributed by atoms with Crippen LogP contribution in [-0.4, -0.2) is 34.7 Å². The number of carbonyl (C=O) groups is 2. The van der Waals surface area contributed by atoms with E-state index < -0.39 is 0 Å². The van der Waals surface area contributed by atoms with Gasteiger partial charge in [0.15, 0.2) is 0 Å². The molecule has 3 aromatic carbocycles. The number of benzene rings is 3. The van der Waals surface area contributed by atoms with Crippen LogP contribution in [0.25, 0.3) is 6.08 Å². The molecule has 8 heteroatoms. The van der Waals surface area contributed by atoms with Gasteiger partial charge in [-0.05, 0) is 48.0 Å². The third-order valence-electron chi connectivity index (χ3n) is 5.50. The van der Waals surface area contributed by atoms with Gasteiger partial charge in [-0.25, -0.2) is 0 Å². The zero-order chi connectivity index (χ0) is 23.7. The minimum Gasteiger partial charge on any atom is -0.497 e. The molecule has 2 heterocycles. The molecule has 170 valence electrons. The van der Waals surface area contributed by atoms with E-state index in [1.165, 1.54) is 16.7 Å². The Morgan fingerprint density at radius 2 is 1.65 bits per heavy atom. The average molecular weight is 505 g/mol. The summed E-state index contributed by atoms with van der Waals surface area (Å²) in [5.41, 5.74) is 2.58. The van der Waals surface area contributed by atoms with E-state index in [1.807, 2.05) is 72.8 Å². The van der Waals surface area contributed by atoms with E-state index in [1.54, 1.807) is 29.8 Å². The van der Waals surface area contributed by atoms with Gasteiger partial charge in [-0.3, -0.25) is 19.4 Å². The minimum absolute atomic E-state index is 0.0778. The molecule has 1 fully saturated rings. The highest BCUT2D eigenvalue weighted by Gasteiger charge is 2.34. The van der Waals surface area contributed by atoms with Crippen molar-refractivity contribution in [3.05, 3.63) is 83.3 Å². The lowest BCUT2D eigenvalue weighted by Gasteiger charge is -2.31. The lowest BCUT2D eigenvalue weighted by atomic mass is 10.2. The third kappa shape index (κ3) is 4.36. The van der Waals surface area contributed by atoms with Crippen LogP contribution in [0.15, 0.2) is 87.5 Å². The Labute approximate surface area is 211 Å². The van der Waals surface area contributed by atoms with Gasteiger partial charge in [0.2, 0.25) is 5.91 Å². The number of nitrogens with zero attached hydrogens (tertiary/aromatic N) is 2. The van der Waals surface area contributed by atoms with Crippen molar-refractivity contribution in [1.82, 2.24) is 4.90 Å². The van der Waals surface area contributed by atoms with Crippen molar-refractivity contribution >= 4 is 69.3 Å². The molecular weight excluding hydrogens is 484 g/mol. The van der Waals surface area contributed by atoms with Crippen molar-refractivity contribution in [2.45, 2.75) is 16.2 Å². The van der Waals surface area contributed by atoms with Crippen LogP contribution in [-0.2, 0) is 9.59 Å². The van der Waals surface area contributed by atoms with Crippen LogP contribution in [0.3, 0.4) is 0 Å². The van der Waals surface area contributed by atoms with Crippen molar-refractivity contribution in [3.8, 4) is 5.75 Å². The topological polar surface area (TPSA) is 49.9 Å². The zero-order valence-corrected chi connectivity index (χ0v) is 20.7. The highest BCUT2D eigenvalue weighted by atomic mass is 32.2. The van der Waals surface area contributed by atoms with Gasteiger partial charge in [0.1, 0.15) is 10.1 Å². The second-order valence-corrected chi connectivity index (χ2v) is 10.4. The smallest absolute Gasteiger partial charge is 0.266 e. The predicted octanol–water partition coefficient (Wildman–Crippen LogP) is 6.12. The number of methoxy groups -OCH3 is 1. The summed E-state index contributed by atoms with van der Waals surface area (Å²) in [4.78, 5) is 32.4. The van der Waals surface area contributed by atoms with Gasteiger partial charge in [0.05, 0.1) is 23.4 Å². The Bertz CT molecular complexity index is 1290. The molecule has 0 atom stereocenters. The summed E-state index contributed by atoms with van der Waals surface area (Å²) in [6.07, 6.45) is 1.96. The van der Waals surface area contributed by atoms with Crippen LogP contribution in [0, 0.1) is 0 Å². The summed E-state index contributed by atoms with van der Waals surface area (Å²) in [7, 11) is 1.60. The van der Waals surface area contributed by atoms with E-state index in [0.29, 0.717) is 9.23 Å². The lowest BCUT2D eigenvalue weighted by molar-refractivity contribution is -0.123. The Kier molecular flexibility index (Phi) is 6.45. The molecular formula is C26H20N2O3S3. The maximum Gasteiger partial charge on any atom is 0.266 e. The van der Waals surface area contributed by atoms with E-state index in [-0.39, 0.29) is 24.8 Å². The Morgan fingerprint density at radius 1 is 0.971 bits per heavy atom. The van der Waals surface area contributed by atoms with Crippen molar-refractivity contribution < 1.29 is 14.3 Å². The van der Waals surface area contributed by atoms with Gasteiger partial charge in [0.25, 0.3) is 5.91 Å². The highest BCUT2D eigenvalue weighted by molar-refractivity contribution is 8.26. The molecule has 0 aromatic heterocycles. The van der Waals surface area contributed by atoms with E-state index in [4.69, 9.17) is 17.0 Å². The lowest BCUT2D eigenvalue weighted by Crippen LogP contribution is -2.35. The van der Waals surface area contributed by atoms with Gasteiger partial charge in [-0.15, -0.1) is 0 Å². The van der Waals surface area contributed by atoms with Crippen LogP contribution in [0.5, 0.6) is 5.75 Å². The maximum absolute atomic E-state index is 13.4. The second-order valence-electron chi connectivity index (χ2n) is 7.63. The van der Waals surface area contributed by atoms with Crippen LogP contribution in [0.4, 0.5) is 11.4 Å². The third-order valence-corrected chi connectivity index (χ3v) is 8.00. The minimum atomic E-state index is -0.180. The molecule has 0 unspecified atom stereocenters. The summed E-state index contributed by atoms with van der Waals surface area (Å²) < 4.78 is 5.72. The average Bonchev–Trinajstić information content (AvgIpc) is 3.12. The maximum atomic E-state index is 13.4.